The number of aromatic nitrogens is 4. The summed E-state index contributed by atoms with van der Waals surface area (Å²) < 4.78 is 5.80. The molecule has 176 valence electrons. The van der Waals surface area contributed by atoms with Crippen LogP contribution in [0.5, 0.6) is 5.75 Å². The smallest absolute Gasteiger partial charge is 0.272 e. The van der Waals surface area contributed by atoms with Crippen molar-refractivity contribution in [1.29, 1.82) is 0 Å². The molecule has 0 bridgehead atoms. The molecule has 1 N–H and O–H groups in total. The molecule has 1 aromatic carbocycles. The lowest BCUT2D eigenvalue weighted by molar-refractivity contribution is -0.135. The maximum Gasteiger partial charge on any atom is 0.272 e. The molecule has 4 heterocycles. The van der Waals surface area contributed by atoms with Gasteiger partial charge in [0.25, 0.3) is 5.91 Å². The second-order valence-electron chi connectivity index (χ2n) is 9.59. The highest BCUT2D eigenvalue weighted by Crippen LogP contribution is 2.35. The van der Waals surface area contributed by atoms with Crippen LogP contribution in [0.1, 0.15) is 35.2 Å². The normalized spacial score (nSPS) is 23.7. The first-order chi connectivity index (χ1) is 16.6. The Morgan fingerprint density at radius 3 is 2.59 bits per heavy atom. The largest absolute Gasteiger partial charge is 0.493 e. The van der Waals surface area contributed by atoms with E-state index >= 15 is 0 Å². The van der Waals surface area contributed by atoms with Crippen molar-refractivity contribution in [2.75, 3.05) is 32.8 Å². The van der Waals surface area contributed by atoms with E-state index in [1.54, 1.807) is 6.07 Å². The standard InChI is InChI=1S/C25H28N6O3/c1-2-34-23-10-22(26-19-6-4-3-5-18(19)23)25(33)31-13-16-11-30(12-17(16)14-31)24(32)15-7-8-20-21(9-15)28-29-27-20/h3-6,10,15-17H,2,7-9,11-14H2,1H3,(H,27,28,29)/t15-,16-,17-/m1/s1. The highest BCUT2D eigenvalue weighted by molar-refractivity contribution is 5.97. The van der Waals surface area contributed by atoms with Gasteiger partial charge in [0.1, 0.15) is 11.4 Å². The Hall–Kier alpha value is -3.49. The summed E-state index contributed by atoms with van der Waals surface area (Å²) >= 11 is 0. The Bertz CT molecular complexity index is 1240. The van der Waals surface area contributed by atoms with Crippen molar-refractivity contribution in [3.63, 3.8) is 0 Å². The summed E-state index contributed by atoms with van der Waals surface area (Å²) in [5.41, 5.74) is 3.10. The molecule has 2 fully saturated rings. The third kappa shape index (κ3) is 3.59. The van der Waals surface area contributed by atoms with Crippen LogP contribution in [0.2, 0.25) is 0 Å². The van der Waals surface area contributed by atoms with Gasteiger partial charge >= 0.3 is 0 Å². The third-order valence-electron chi connectivity index (χ3n) is 7.50. The average Bonchev–Trinajstić information content (AvgIpc) is 3.57. The number of ether oxygens (including phenoxy) is 1. The molecule has 9 nitrogen and oxygen atoms in total. The molecule has 3 atom stereocenters. The Labute approximate surface area is 197 Å². The van der Waals surface area contributed by atoms with Gasteiger partial charge in [0.2, 0.25) is 5.91 Å². The molecular formula is C25H28N6O3. The van der Waals surface area contributed by atoms with E-state index in [2.05, 4.69) is 20.4 Å². The van der Waals surface area contributed by atoms with Crippen LogP contribution in [0.3, 0.4) is 0 Å². The molecule has 34 heavy (non-hydrogen) atoms. The molecule has 6 rings (SSSR count). The average molecular weight is 461 g/mol. The number of para-hydroxylation sites is 1. The number of aromatic amines is 1. The Kier molecular flexibility index (Phi) is 5.19. The fourth-order valence-corrected chi connectivity index (χ4v) is 5.78. The number of aryl methyl sites for hydroxylation is 1. The van der Waals surface area contributed by atoms with E-state index in [1.807, 2.05) is 41.0 Å². The lowest BCUT2D eigenvalue weighted by Crippen LogP contribution is -2.40. The number of nitrogens with one attached hydrogen (secondary N) is 1. The molecular weight excluding hydrogens is 432 g/mol. The van der Waals surface area contributed by atoms with Crippen molar-refractivity contribution < 1.29 is 14.3 Å². The second-order valence-corrected chi connectivity index (χ2v) is 9.59. The van der Waals surface area contributed by atoms with Crippen molar-refractivity contribution in [2.45, 2.75) is 26.2 Å². The first-order valence-corrected chi connectivity index (χ1v) is 12.1. The summed E-state index contributed by atoms with van der Waals surface area (Å²) in [6.45, 7) is 5.20. The zero-order valence-electron chi connectivity index (χ0n) is 19.2. The quantitative estimate of drug-likeness (QED) is 0.639. The monoisotopic (exact) mass is 460 g/mol. The van der Waals surface area contributed by atoms with Gasteiger partial charge in [-0.25, -0.2) is 4.98 Å². The maximum atomic E-state index is 13.3. The van der Waals surface area contributed by atoms with Crippen molar-refractivity contribution in [3.05, 3.63) is 47.4 Å². The maximum absolute atomic E-state index is 13.3. The lowest BCUT2D eigenvalue weighted by Gasteiger charge is -2.27. The molecule has 3 aliphatic rings. The molecule has 0 radical (unpaired) electrons. The number of fused-ring (bicyclic) bond motifs is 3. The van der Waals surface area contributed by atoms with Crippen molar-refractivity contribution in [3.8, 4) is 5.75 Å². The van der Waals surface area contributed by atoms with Crippen molar-refractivity contribution >= 4 is 22.7 Å². The molecule has 2 aromatic heterocycles. The summed E-state index contributed by atoms with van der Waals surface area (Å²) in [5, 5.41) is 12.0. The number of carbonyl (C=O) groups is 2. The van der Waals surface area contributed by atoms with E-state index in [1.165, 1.54) is 0 Å². The van der Waals surface area contributed by atoms with Gasteiger partial charge in [-0.1, -0.05) is 12.1 Å². The minimum Gasteiger partial charge on any atom is -0.493 e. The van der Waals surface area contributed by atoms with Gasteiger partial charge in [0.05, 0.1) is 23.5 Å². The number of hydrogen-bond acceptors (Lipinski definition) is 6. The van der Waals surface area contributed by atoms with Gasteiger partial charge in [-0.15, -0.1) is 0 Å². The van der Waals surface area contributed by atoms with E-state index in [0.717, 1.165) is 35.1 Å². The van der Waals surface area contributed by atoms with E-state index in [-0.39, 0.29) is 17.7 Å². The molecule has 0 unspecified atom stereocenters. The molecule has 0 saturated carbocycles. The number of likely N-dealkylation sites (tertiary alicyclic amines) is 2. The van der Waals surface area contributed by atoms with Gasteiger partial charge in [-0.3, -0.25) is 9.59 Å². The fourth-order valence-electron chi connectivity index (χ4n) is 5.78. The van der Waals surface area contributed by atoms with Crippen LogP contribution in [0, 0.1) is 17.8 Å². The van der Waals surface area contributed by atoms with Crippen LogP contribution in [-0.4, -0.2) is 74.8 Å². The molecule has 3 aromatic rings. The van der Waals surface area contributed by atoms with E-state index in [9.17, 15) is 9.59 Å². The predicted octanol–water partition coefficient (Wildman–Crippen LogP) is 2.09. The summed E-state index contributed by atoms with van der Waals surface area (Å²) in [5.74, 6) is 1.45. The second kappa shape index (κ2) is 8.38. The van der Waals surface area contributed by atoms with Crippen molar-refractivity contribution in [1.82, 2.24) is 30.2 Å². The Morgan fingerprint density at radius 2 is 1.79 bits per heavy atom. The number of nitrogens with zero attached hydrogens (tertiary/aromatic N) is 5. The van der Waals surface area contributed by atoms with Gasteiger partial charge in [0, 0.05) is 61.8 Å². The SMILES string of the molecule is CCOc1cc(C(=O)N2C[C@H]3CN(C(=O)[C@@H]4CCc5n[nH]nc5C4)C[C@@H]3C2)nc2ccccc12. The van der Waals surface area contributed by atoms with Gasteiger partial charge in [-0.05, 0) is 31.9 Å². The third-order valence-corrected chi connectivity index (χ3v) is 7.50. The Morgan fingerprint density at radius 1 is 1.06 bits per heavy atom. The van der Waals surface area contributed by atoms with Gasteiger partial charge in [0.15, 0.2) is 0 Å². The predicted molar refractivity (Wildman–Crippen MR) is 124 cm³/mol. The summed E-state index contributed by atoms with van der Waals surface area (Å²) in [6, 6.07) is 9.49. The number of benzene rings is 1. The molecule has 0 spiro atoms. The van der Waals surface area contributed by atoms with Crippen LogP contribution in [0.4, 0.5) is 0 Å². The summed E-state index contributed by atoms with van der Waals surface area (Å²) in [7, 11) is 0. The molecule has 2 amide bonds. The number of carbonyl (C=O) groups excluding carboxylic acids is 2. The number of H-pyrrole nitrogens is 1. The fraction of sp³-hybridized carbons (Fsp3) is 0.480. The van der Waals surface area contributed by atoms with Crippen LogP contribution in [-0.2, 0) is 17.6 Å². The topological polar surface area (TPSA) is 104 Å². The van der Waals surface area contributed by atoms with E-state index < -0.39 is 0 Å². The van der Waals surface area contributed by atoms with Gasteiger partial charge in [-0.2, -0.15) is 15.4 Å². The highest BCUT2D eigenvalue weighted by atomic mass is 16.5. The molecule has 2 saturated heterocycles. The van der Waals surface area contributed by atoms with Crippen LogP contribution in [0.15, 0.2) is 30.3 Å². The zero-order valence-corrected chi connectivity index (χ0v) is 19.2. The summed E-state index contributed by atoms with van der Waals surface area (Å²) in [6.07, 6.45) is 2.29. The number of rotatable bonds is 4. The molecule has 2 aliphatic heterocycles. The molecule has 9 heteroatoms. The van der Waals surface area contributed by atoms with Crippen LogP contribution >= 0.6 is 0 Å². The Balaban J connectivity index is 1.13. The van der Waals surface area contributed by atoms with Crippen LogP contribution < -0.4 is 4.74 Å². The zero-order chi connectivity index (χ0) is 23.2. The van der Waals surface area contributed by atoms with Gasteiger partial charge < -0.3 is 14.5 Å². The van der Waals surface area contributed by atoms with E-state index in [4.69, 9.17) is 4.74 Å². The van der Waals surface area contributed by atoms with Crippen molar-refractivity contribution in [2.24, 2.45) is 17.8 Å². The molecule has 1 aliphatic carbocycles. The number of hydrogen-bond donors (Lipinski definition) is 1. The number of pyridine rings is 1. The van der Waals surface area contributed by atoms with E-state index in [0.29, 0.717) is 62.5 Å². The summed E-state index contributed by atoms with van der Waals surface area (Å²) in [4.78, 5) is 35.1. The number of amides is 2. The minimum atomic E-state index is -0.0650. The minimum absolute atomic E-state index is 0.0204. The first kappa shape index (κ1) is 21.1. The highest BCUT2D eigenvalue weighted by Gasteiger charge is 2.44. The lowest BCUT2D eigenvalue weighted by atomic mass is 9.89. The first-order valence-electron chi connectivity index (χ1n) is 12.1. The van der Waals surface area contributed by atoms with Crippen LogP contribution in [0.25, 0.3) is 10.9 Å².